The van der Waals surface area contributed by atoms with Crippen molar-refractivity contribution in [3.8, 4) is 10.7 Å². The Morgan fingerprint density at radius 2 is 2.05 bits per heavy atom. The lowest BCUT2D eigenvalue weighted by molar-refractivity contribution is 0.654. The third-order valence-electron chi connectivity index (χ3n) is 3.21. The molecule has 2 heterocycles. The SMILES string of the molecule is CCN(N)c1ccc(Cn2nnnc2-c2cccs2)cc1. The quantitative estimate of drug-likeness (QED) is 0.577. The van der Waals surface area contributed by atoms with Crippen LogP contribution in [0.25, 0.3) is 10.7 Å². The van der Waals surface area contributed by atoms with Crippen molar-refractivity contribution in [2.45, 2.75) is 13.5 Å². The molecule has 0 saturated heterocycles. The molecule has 0 unspecified atom stereocenters. The van der Waals surface area contributed by atoms with Crippen molar-refractivity contribution in [3.05, 3.63) is 47.3 Å². The Morgan fingerprint density at radius 3 is 2.71 bits per heavy atom. The van der Waals surface area contributed by atoms with Crippen LogP contribution in [0.2, 0.25) is 0 Å². The maximum absolute atomic E-state index is 5.87. The van der Waals surface area contributed by atoms with Gasteiger partial charge in [-0.3, -0.25) is 0 Å². The predicted octanol–water partition coefficient (Wildman–Crippen LogP) is 2.15. The van der Waals surface area contributed by atoms with Gasteiger partial charge in [-0.25, -0.2) is 10.5 Å². The standard InChI is InChI=1S/C14H16N6S/c1-2-19(15)12-7-5-11(6-8-12)10-20-14(16-17-18-20)13-4-3-9-21-13/h3-9H,2,10,15H2,1H3. The van der Waals surface area contributed by atoms with Crippen molar-refractivity contribution >= 4 is 17.0 Å². The van der Waals surface area contributed by atoms with Crippen LogP contribution in [-0.2, 0) is 6.54 Å². The summed E-state index contributed by atoms with van der Waals surface area (Å²) in [5, 5.41) is 15.7. The Balaban J connectivity index is 1.80. The van der Waals surface area contributed by atoms with E-state index in [1.165, 1.54) is 0 Å². The van der Waals surface area contributed by atoms with E-state index in [1.54, 1.807) is 21.0 Å². The van der Waals surface area contributed by atoms with Crippen LogP contribution < -0.4 is 10.9 Å². The van der Waals surface area contributed by atoms with Crippen LogP contribution in [0.4, 0.5) is 5.69 Å². The van der Waals surface area contributed by atoms with Crippen molar-refractivity contribution in [1.82, 2.24) is 20.2 Å². The molecule has 0 aliphatic rings. The van der Waals surface area contributed by atoms with Crippen LogP contribution in [0.1, 0.15) is 12.5 Å². The highest BCUT2D eigenvalue weighted by Crippen LogP contribution is 2.22. The summed E-state index contributed by atoms with van der Waals surface area (Å²) in [6, 6.07) is 12.1. The lowest BCUT2D eigenvalue weighted by Gasteiger charge is -2.16. The molecule has 0 saturated carbocycles. The van der Waals surface area contributed by atoms with Crippen molar-refractivity contribution in [2.24, 2.45) is 5.84 Å². The van der Waals surface area contributed by atoms with Gasteiger partial charge in [0.05, 0.1) is 17.1 Å². The van der Waals surface area contributed by atoms with Crippen molar-refractivity contribution in [3.63, 3.8) is 0 Å². The summed E-state index contributed by atoms with van der Waals surface area (Å²) in [5.41, 5.74) is 2.13. The van der Waals surface area contributed by atoms with Crippen molar-refractivity contribution in [2.75, 3.05) is 11.6 Å². The number of hydrogen-bond acceptors (Lipinski definition) is 6. The molecule has 0 atom stereocenters. The lowest BCUT2D eigenvalue weighted by Crippen LogP contribution is -2.30. The highest BCUT2D eigenvalue weighted by atomic mass is 32.1. The lowest BCUT2D eigenvalue weighted by atomic mass is 10.2. The van der Waals surface area contributed by atoms with Crippen molar-refractivity contribution in [1.29, 1.82) is 0 Å². The molecule has 0 bridgehead atoms. The topological polar surface area (TPSA) is 72.9 Å². The summed E-state index contributed by atoms with van der Waals surface area (Å²) in [7, 11) is 0. The van der Waals surface area contributed by atoms with Crippen LogP contribution in [-0.4, -0.2) is 26.8 Å². The zero-order valence-electron chi connectivity index (χ0n) is 11.7. The molecule has 0 fully saturated rings. The Hall–Kier alpha value is -2.25. The van der Waals surface area contributed by atoms with E-state index in [-0.39, 0.29) is 0 Å². The number of tetrazole rings is 1. The fourth-order valence-corrected chi connectivity index (χ4v) is 2.75. The summed E-state index contributed by atoms with van der Waals surface area (Å²) >= 11 is 1.63. The second-order valence-corrected chi connectivity index (χ2v) is 5.54. The van der Waals surface area contributed by atoms with Gasteiger partial charge in [0.15, 0.2) is 5.82 Å². The van der Waals surface area contributed by atoms with Gasteiger partial charge < -0.3 is 5.01 Å². The largest absolute Gasteiger partial charge is 0.311 e. The van der Waals surface area contributed by atoms with E-state index in [9.17, 15) is 0 Å². The first kappa shape index (κ1) is 13.7. The average Bonchev–Trinajstić information content (AvgIpc) is 3.18. The minimum absolute atomic E-state index is 0.636. The summed E-state index contributed by atoms with van der Waals surface area (Å²) < 4.78 is 1.81. The molecule has 1 aromatic carbocycles. The number of hydrogen-bond donors (Lipinski definition) is 1. The van der Waals surface area contributed by atoms with Gasteiger partial charge in [-0.1, -0.05) is 18.2 Å². The first-order valence-electron chi connectivity index (χ1n) is 6.69. The van der Waals surface area contributed by atoms with E-state index in [1.807, 2.05) is 48.7 Å². The molecule has 2 N–H and O–H groups in total. The normalized spacial score (nSPS) is 10.8. The molecule has 0 amide bonds. The van der Waals surface area contributed by atoms with Crippen LogP contribution in [0.5, 0.6) is 0 Å². The monoisotopic (exact) mass is 300 g/mol. The van der Waals surface area contributed by atoms with E-state index >= 15 is 0 Å². The number of benzene rings is 1. The molecular formula is C14H16N6S. The summed E-state index contributed by atoms with van der Waals surface area (Å²) in [5.74, 6) is 6.66. The molecule has 0 radical (unpaired) electrons. The number of hydrazine groups is 1. The van der Waals surface area contributed by atoms with Gasteiger partial charge in [0, 0.05) is 6.54 Å². The Bertz CT molecular complexity index is 689. The van der Waals surface area contributed by atoms with Crippen molar-refractivity contribution < 1.29 is 0 Å². The number of aromatic nitrogens is 4. The smallest absolute Gasteiger partial charge is 0.192 e. The second-order valence-electron chi connectivity index (χ2n) is 4.59. The molecule has 21 heavy (non-hydrogen) atoms. The molecule has 0 aliphatic carbocycles. The van der Waals surface area contributed by atoms with Gasteiger partial charge in [0.2, 0.25) is 0 Å². The molecule has 3 rings (SSSR count). The number of rotatable bonds is 5. The highest BCUT2D eigenvalue weighted by molar-refractivity contribution is 7.13. The number of nitrogens with two attached hydrogens (primary N) is 1. The molecular weight excluding hydrogens is 284 g/mol. The number of thiophene rings is 1. The Kier molecular flexibility index (Phi) is 3.94. The van der Waals surface area contributed by atoms with Gasteiger partial charge in [-0.2, -0.15) is 0 Å². The summed E-state index contributed by atoms with van der Waals surface area (Å²) in [6.07, 6.45) is 0. The average molecular weight is 300 g/mol. The third-order valence-corrected chi connectivity index (χ3v) is 4.08. The third kappa shape index (κ3) is 2.93. The van der Waals surface area contributed by atoms with Gasteiger partial charge in [0.25, 0.3) is 0 Å². The fourth-order valence-electron chi connectivity index (χ4n) is 2.04. The van der Waals surface area contributed by atoms with E-state index < -0.39 is 0 Å². The van der Waals surface area contributed by atoms with Gasteiger partial charge in [0.1, 0.15) is 0 Å². The Morgan fingerprint density at radius 1 is 1.24 bits per heavy atom. The molecule has 6 nitrogen and oxygen atoms in total. The summed E-state index contributed by atoms with van der Waals surface area (Å²) in [4.78, 5) is 1.07. The zero-order valence-corrected chi connectivity index (χ0v) is 12.5. The summed E-state index contributed by atoms with van der Waals surface area (Å²) in [6.45, 7) is 3.42. The minimum Gasteiger partial charge on any atom is -0.311 e. The highest BCUT2D eigenvalue weighted by Gasteiger charge is 2.10. The maximum Gasteiger partial charge on any atom is 0.192 e. The van der Waals surface area contributed by atoms with Gasteiger partial charge in [-0.05, 0) is 46.5 Å². The van der Waals surface area contributed by atoms with Crippen LogP contribution in [0.3, 0.4) is 0 Å². The number of anilines is 1. The maximum atomic E-state index is 5.87. The molecule has 2 aromatic heterocycles. The molecule has 108 valence electrons. The number of nitrogens with zero attached hydrogens (tertiary/aromatic N) is 5. The van der Waals surface area contributed by atoms with E-state index in [0.717, 1.165) is 28.5 Å². The van der Waals surface area contributed by atoms with Crippen LogP contribution in [0.15, 0.2) is 41.8 Å². The van der Waals surface area contributed by atoms with Gasteiger partial charge in [-0.15, -0.1) is 16.4 Å². The molecule has 0 spiro atoms. The molecule has 3 aromatic rings. The van der Waals surface area contributed by atoms with Crippen LogP contribution in [0, 0.1) is 0 Å². The fraction of sp³-hybridized carbons (Fsp3) is 0.214. The predicted molar refractivity (Wildman–Crippen MR) is 83.9 cm³/mol. The molecule has 0 aliphatic heterocycles. The van der Waals surface area contributed by atoms with E-state index in [2.05, 4.69) is 15.5 Å². The Labute approximate surface area is 126 Å². The second kappa shape index (κ2) is 6.02. The first-order chi connectivity index (χ1) is 10.3. The molecule has 7 heteroatoms. The van der Waals surface area contributed by atoms with E-state index in [4.69, 9.17) is 5.84 Å². The van der Waals surface area contributed by atoms with Crippen LogP contribution >= 0.6 is 11.3 Å². The first-order valence-corrected chi connectivity index (χ1v) is 7.57. The zero-order chi connectivity index (χ0) is 14.7. The minimum atomic E-state index is 0.636. The van der Waals surface area contributed by atoms with Gasteiger partial charge >= 0.3 is 0 Å². The van der Waals surface area contributed by atoms with E-state index in [0.29, 0.717) is 6.54 Å².